The van der Waals surface area contributed by atoms with Crippen molar-refractivity contribution in [2.24, 2.45) is 0 Å². The summed E-state index contributed by atoms with van der Waals surface area (Å²) in [6, 6.07) is 23.2. The van der Waals surface area contributed by atoms with Gasteiger partial charge in [-0.2, -0.15) is 0 Å². The summed E-state index contributed by atoms with van der Waals surface area (Å²) < 4.78 is 0. The summed E-state index contributed by atoms with van der Waals surface area (Å²) in [6.45, 7) is 0. The molecular formula is C20H16Cl2N4Os. The maximum Gasteiger partial charge on any atom is 0.0886 e. The Morgan fingerprint density at radius 3 is 0.815 bits per heavy atom. The van der Waals surface area contributed by atoms with Crippen molar-refractivity contribution in [1.82, 2.24) is 19.9 Å². The number of hydrogen-bond donors (Lipinski definition) is 0. The van der Waals surface area contributed by atoms with Crippen LogP contribution < -0.4 is 0 Å². The van der Waals surface area contributed by atoms with Gasteiger partial charge in [0, 0.05) is 24.8 Å². The zero-order valence-electron chi connectivity index (χ0n) is 14.1. The molecule has 0 aliphatic carbocycles. The van der Waals surface area contributed by atoms with E-state index < -0.39 is 15.4 Å². The zero-order valence-corrected chi connectivity index (χ0v) is 18.2. The maximum absolute atomic E-state index is 4.90. The van der Waals surface area contributed by atoms with Gasteiger partial charge in [-0.3, -0.25) is 19.9 Å². The molecule has 4 aromatic heterocycles. The van der Waals surface area contributed by atoms with Gasteiger partial charge in [0.05, 0.1) is 22.8 Å². The third-order valence-electron chi connectivity index (χ3n) is 3.18. The fourth-order valence-corrected chi connectivity index (χ4v) is 2.06. The van der Waals surface area contributed by atoms with Crippen LogP contribution in [0.1, 0.15) is 0 Å². The first-order chi connectivity index (χ1) is 13.3. The molecule has 0 aromatic carbocycles. The van der Waals surface area contributed by atoms with Crippen molar-refractivity contribution in [3.05, 3.63) is 97.6 Å². The average molecular weight is 574 g/mol. The Labute approximate surface area is 174 Å². The van der Waals surface area contributed by atoms with Crippen LogP contribution in [-0.4, -0.2) is 19.9 Å². The van der Waals surface area contributed by atoms with Crippen LogP contribution in [0.4, 0.5) is 0 Å². The fourth-order valence-electron chi connectivity index (χ4n) is 2.06. The second kappa shape index (κ2) is 13.1. The van der Waals surface area contributed by atoms with Crippen LogP contribution in [0.25, 0.3) is 22.8 Å². The maximum atomic E-state index is 4.90. The van der Waals surface area contributed by atoms with Gasteiger partial charge in [-0.05, 0) is 48.5 Å². The molecule has 0 atom stereocenters. The van der Waals surface area contributed by atoms with E-state index in [1.807, 2.05) is 72.8 Å². The number of halogens is 2. The molecule has 4 rings (SSSR count). The minimum Gasteiger partial charge on any atom is -0.255 e. The smallest absolute Gasteiger partial charge is 0.0886 e. The van der Waals surface area contributed by atoms with Gasteiger partial charge in [-0.25, -0.2) is 0 Å². The predicted octanol–water partition coefficient (Wildman–Crippen LogP) is 5.66. The van der Waals surface area contributed by atoms with Crippen molar-refractivity contribution in [3.63, 3.8) is 0 Å². The van der Waals surface area contributed by atoms with Crippen molar-refractivity contribution < 1.29 is 15.4 Å². The summed E-state index contributed by atoms with van der Waals surface area (Å²) in [5.74, 6) is 0. The Morgan fingerprint density at radius 1 is 0.444 bits per heavy atom. The monoisotopic (exact) mass is 574 g/mol. The Hall–Kier alpha value is -2.18. The van der Waals surface area contributed by atoms with Crippen LogP contribution in [0.5, 0.6) is 0 Å². The van der Waals surface area contributed by atoms with Crippen LogP contribution in [0, 0.1) is 0 Å². The molecule has 0 aliphatic heterocycles. The minimum atomic E-state index is -0.639. The molecule has 0 aliphatic rings. The molecule has 0 N–H and O–H groups in total. The molecule has 27 heavy (non-hydrogen) atoms. The van der Waals surface area contributed by atoms with E-state index in [1.165, 1.54) is 0 Å². The molecule has 0 unspecified atom stereocenters. The van der Waals surface area contributed by atoms with Crippen LogP contribution in [0.15, 0.2) is 97.6 Å². The topological polar surface area (TPSA) is 51.6 Å². The number of aromatic nitrogens is 4. The third kappa shape index (κ3) is 7.93. The standard InChI is InChI=1S/2C10H8N2.2ClH.Os/c2*1-3-7-11-9(5-1)10-6-2-4-8-12-10;;;/h2*1-8H;2*1H;/q;;;;+2/p-2. The number of hydrogen-bond acceptors (Lipinski definition) is 4. The summed E-state index contributed by atoms with van der Waals surface area (Å²) in [5, 5.41) is 0. The first kappa shape index (κ1) is 21.1. The second-order valence-corrected chi connectivity index (χ2v) is 8.58. The molecule has 0 saturated carbocycles. The van der Waals surface area contributed by atoms with Gasteiger partial charge in [-0.1, -0.05) is 24.3 Å². The van der Waals surface area contributed by atoms with E-state index in [0.29, 0.717) is 0 Å². The molecule has 4 aromatic rings. The van der Waals surface area contributed by atoms with Crippen LogP contribution >= 0.6 is 19.3 Å². The molecule has 0 spiro atoms. The number of pyridine rings is 4. The summed E-state index contributed by atoms with van der Waals surface area (Å²) in [6.07, 6.45) is 7.07. The Kier molecular flexibility index (Phi) is 10.2. The zero-order chi connectivity index (χ0) is 19.2. The quantitative estimate of drug-likeness (QED) is 0.311. The molecule has 0 bridgehead atoms. The largest absolute Gasteiger partial charge is 0.255 e. The molecular weight excluding hydrogens is 557 g/mol. The van der Waals surface area contributed by atoms with Crippen molar-refractivity contribution in [2.45, 2.75) is 0 Å². The Morgan fingerprint density at radius 2 is 0.667 bits per heavy atom. The molecule has 7 heteroatoms. The minimum absolute atomic E-state index is 0.639. The first-order valence-corrected chi connectivity index (χ1v) is 14.1. The van der Waals surface area contributed by atoms with Gasteiger partial charge < -0.3 is 0 Å². The molecule has 0 amide bonds. The summed E-state index contributed by atoms with van der Waals surface area (Å²) in [5.41, 5.74) is 3.66. The SMILES string of the molecule is [Cl][Os][Cl].c1ccc(-c2ccccn2)nc1.c1ccc(-c2ccccn2)nc1. The normalized spacial score (nSPS) is 9.41. The van der Waals surface area contributed by atoms with Gasteiger partial charge in [0.2, 0.25) is 0 Å². The van der Waals surface area contributed by atoms with Gasteiger partial charge in [0.25, 0.3) is 0 Å². The van der Waals surface area contributed by atoms with Crippen LogP contribution in [0.3, 0.4) is 0 Å². The molecule has 138 valence electrons. The van der Waals surface area contributed by atoms with Gasteiger partial charge in [-0.15, -0.1) is 0 Å². The van der Waals surface area contributed by atoms with Crippen molar-refractivity contribution in [3.8, 4) is 22.8 Å². The summed E-state index contributed by atoms with van der Waals surface area (Å²) >= 11 is -0.639. The molecule has 4 heterocycles. The van der Waals surface area contributed by atoms with E-state index in [9.17, 15) is 0 Å². The molecule has 4 nitrogen and oxygen atoms in total. The second-order valence-electron chi connectivity index (χ2n) is 4.91. The molecule has 0 fully saturated rings. The summed E-state index contributed by atoms with van der Waals surface area (Å²) in [4.78, 5) is 16.7. The molecule has 0 saturated heterocycles. The van der Waals surface area contributed by atoms with E-state index >= 15 is 0 Å². The van der Waals surface area contributed by atoms with Crippen LogP contribution in [-0.2, 0) is 15.4 Å². The number of nitrogens with zero attached hydrogens (tertiary/aromatic N) is 4. The van der Waals surface area contributed by atoms with Gasteiger partial charge >= 0.3 is 34.7 Å². The fraction of sp³-hybridized carbons (Fsp3) is 0. The van der Waals surface area contributed by atoms with E-state index in [-0.39, 0.29) is 0 Å². The molecule has 0 radical (unpaired) electrons. The third-order valence-corrected chi connectivity index (χ3v) is 3.18. The number of rotatable bonds is 2. The van der Waals surface area contributed by atoms with Crippen LogP contribution in [0.2, 0.25) is 0 Å². The van der Waals surface area contributed by atoms with E-state index in [0.717, 1.165) is 22.8 Å². The van der Waals surface area contributed by atoms with E-state index in [4.69, 9.17) is 19.3 Å². The summed E-state index contributed by atoms with van der Waals surface area (Å²) in [7, 11) is 9.81. The predicted molar refractivity (Wildman–Crippen MR) is 107 cm³/mol. The van der Waals surface area contributed by atoms with Gasteiger partial charge in [0.15, 0.2) is 0 Å². The average Bonchev–Trinajstić information content (AvgIpc) is 2.77. The van der Waals surface area contributed by atoms with Crippen molar-refractivity contribution in [1.29, 1.82) is 0 Å². The van der Waals surface area contributed by atoms with E-state index in [1.54, 1.807) is 24.8 Å². The Balaban J connectivity index is 0.000000170. The van der Waals surface area contributed by atoms with E-state index in [2.05, 4.69) is 19.9 Å². The van der Waals surface area contributed by atoms with Gasteiger partial charge in [0.1, 0.15) is 0 Å². The van der Waals surface area contributed by atoms with Crippen molar-refractivity contribution in [2.75, 3.05) is 0 Å². The van der Waals surface area contributed by atoms with Crippen molar-refractivity contribution >= 4 is 19.3 Å². The Bertz CT molecular complexity index is 717. The first-order valence-electron chi connectivity index (χ1n) is 7.85.